The quantitative estimate of drug-likeness (QED) is 0.844. The molecule has 0 saturated heterocycles. The summed E-state index contributed by atoms with van der Waals surface area (Å²) < 4.78 is 5.19. The van der Waals surface area contributed by atoms with Gasteiger partial charge < -0.3 is 9.84 Å². The van der Waals surface area contributed by atoms with Crippen LogP contribution in [0.2, 0.25) is 10.0 Å². The van der Waals surface area contributed by atoms with Crippen molar-refractivity contribution in [2.24, 2.45) is 0 Å². The first-order valence-corrected chi connectivity index (χ1v) is 7.92. The fraction of sp³-hybridized carbons (Fsp3) is 0.375. The molecule has 0 aliphatic carbocycles. The highest BCUT2D eigenvalue weighted by molar-refractivity contribution is 6.39. The van der Waals surface area contributed by atoms with Crippen LogP contribution < -0.4 is 5.32 Å². The van der Waals surface area contributed by atoms with Crippen LogP contribution in [0.5, 0.6) is 0 Å². The van der Waals surface area contributed by atoms with Gasteiger partial charge in [-0.2, -0.15) is 0 Å². The number of hydrogen-bond donors (Lipinski definition) is 1. The summed E-state index contributed by atoms with van der Waals surface area (Å²) in [6.07, 6.45) is 1.89. The number of benzene rings is 1. The molecule has 0 unspecified atom stereocenters. The van der Waals surface area contributed by atoms with Crippen molar-refractivity contribution in [3.63, 3.8) is 0 Å². The molecule has 0 fully saturated rings. The molecule has 118 valence electrons. The topological polar surface area (TPSA) is 55.1 Å². The average molecular weight is 341 g/mol. The van der Waals surface area contributed by atoms with Crippen LogP contribution in [0, 0.1) is 6.92 Å². The Labute approximate surface area is 139 Å². The molecule has 1 aromatic carbocycles. The molecule has 0 bridgehead atoms. The van der Waals surface area contributed by atoms with Crippen molar-refractivity contribution in [3.05, 3.63) is 39.6 Å². The fourth-order valence-electron chi connectivity index (χ4n) is 2.34. The number of halogens is 2. The van der Waals surface area contributed by atoms with E-state index in [4.69, 9.17) is 27.7 Å². The van der Waals surface area contributed by atoms with Gasteiger partial charge in [-0.05, 0) is 32.4 Å². The lowest BCUT2D eigenvalue weighted by Gasteiger charge is -2.13. The minimum absolute atomic E-state index is 0.0707. The molecule has 1 amide bonds. The molecule has 2 rings (SSSR count). The van der Waals surface area contributed by atoms with Crippen LogP contribution in [0.3, 0.4) is 0 Å². The van der Waals surface area contributed by atoms with E-state index < -0.39 is 0 Å². The molecule has 0 aliphatic heterocycles. The van der Waals surface area contributed by atoms with Gasteiger partial charge in [-0.15, -0.1) is 0 Å². The predicted molar refractivity (Wildman–Crippen MR) is 88.5 cm³/mol. The number of rotatable bonds is 5. The van der Waals surface area contributed by atoms with Crippen LogP contribution >= 0.6 is 23.2 Å². The number of nitrogens with zero attached hydrogens (tertiary/aromatic N) is 1. The van der Waals surface area contributed by atoms with Crippen LogP contribution in [-0.4, -0.2) is 17.1 Å². The molecule has 4 nitrogen and oxygen atoms in total. The Kier molecular flexibility index (Phi) is 5.48. The molecule has 1 heterocycles. The van der Waals surface area contributed by atoms with Crippen LogP contribution in [0.15, 0.2) is 22.7 Å². The van der Waals surface area contributed by atoms with Gasteiger partial charge in [0.1, 0.15) is 17.0 Å². The van der Waals surface area contributed by atoms with E-state index in [1.807, 2.05) is 6.92 Å². The third-order valence-corrected chi connectivity index (χ3v) is 4.02. The molecular weight excluding hydrogens is 323 g/mol. The second-order valence-corrected chi connectivity index (χ2v) is 6.04. The number of carbonyl (C=O) groups is 1. The Hall–Kier alpha value is -1.52. The number of aryl methyl sites for hydroxylation is 1. The Balaban J connectivity index is 2.42. The summed E-state index contributed by atoms with van der Waals surface area (Å²) >= 11 is 12.4. The minimum atomic E-state index is -0.231. The van der Waals surface area contributed by atoms with Gasteiger partial charge in [0.05, 0.1) is 10.0 Å². The second-order valence-electron chi connectivity index (χ2n) is 5.22. The summed E-state index contributed by atoms with van der Waals surface area (Å²) in [5.41, 5.74) is 1.25. The highest BCUT2D eigenvalue weighted by atomic mass is 35.5. The summed E-state index contributed by atoms with van der Waals surface area (Å²) in [7, 11) is 0. The largest absolute Gasteiger partial charge is 0.360 e. The van der Waals surface area contributed by atoms with Crippen LogP contribution in [0.25, 0.3) is 11.3 Å². The molecule has 0 saturated carbocycles. The normalized spacial score (nSPS) is 12.2. The van der Waals surface area contributed by atoms with Gasteiger partial charge in [0, 0.05) is 11.6 Å². The number of aromatic nitrogens is 1. The van der Waals surface area contributed by atoms with Gasteiger partial charge in [-0.3, -0.25) is 4.79 Å². The lowest BCUT2D eigenvalue weighted by Crippen LogP contribution is -2.32. The summed E-state index contributed by atoms with van der Waals surface area (Å²) in [5.74, 6) is 0.206. The van der Waals surface area contributed by atoms with Gasteiger partial charge in [0.2, 0.25) is 0 Å². The van der Waals surface area contributed by atoms with Crippen molar-refractivity contribution < 1.29 is 9.32 Å². The van der Waals surface area contributed by atoms with E-state index in [9.17, 15) is 4.79 Å². The van der Waals surface area contributed by atoms with Crippen LogP contribution in [0.1, 0.15) is 42.8 Å². The molecule has 0 radical (unpaired) electrons. The fourth-order valence-corrected chi connectivity index (χ4v) is 2.91. The van der Waals surface area contributed by atoms with Crippen LogP contribution in [-0.2, 0) is 0 Å². The second kappa shape index (κ2) is 7.16. The Morgan fingerprint density at radius 3 is 2.59 bits per heavy atom. The summed E-state index contributed by atoms with van der Waals surface area (Å²) in [5, 5.41) is 7.78. The van der Waals surface area contributed by atoms with E-state index in [0.29, 0.717) is 32.6 Å². The Morgan fingerprint density at radius 2 is 2.00 bits per heavy atom. The first-order valence-electron chi connectivity index (χ1n) is 7.17. The zero-order valence-electron chi connectivity index (χ0n) is 12.7. The van der Waals surface area contributed by atoms with E-state index in [1.54, 1.807) is 25.1 Å². The predicted octanol–water partition coefficient (Wildman–Crippen LogP) is 4.88. The maximum Gasteiger partial charge on any atom is 0.257 e. The third kappa shape index (κ3) is 3.45. The van der Waals surface area contributed by atoms with Crippen molar-refractivity contribution in [1.29, 1.82) is 0 Å². The first kappa shape index (κ1) is 16.8. The first-order chi connectivity index (χ1) is 10.5. The number of carbonyl (C=O) groups excluding carboxylic acids is 1. The Morgan fingerprint density at radius 1 is 1.36 bits per heavy atom. The van der Waals surface area contributed by atoms with E-state index >= 15 is 0 Å². The van der Waals surface area contributed by atoms with Crippen molar-refractivity contribution in [2.75, 3.05) is 0 Å². The molecule has 2 aromatic rings. The lowest BCUT2D eigenvalue weighted by molar-refractivity contribution is 0.0937. The summed E-state index contributed by atoms with van der Waals surface area (Å²) in [6.45, 7) is 5.73. The van der Waals surface area contributed by atoms with Crippen molar-refractivity contribution >= 4 is 29.1 Å². The van der Waals surface area contributed by atoms with Gasteiger partial charge >= 0.3 is 0 Å². The van der Waals surface area contributed by atoms with Gasteiger partial charge in [0.15, 0.2) is 0 Å². The maximum atomic E-state index is 12.5. The standard InChI is InChI=1S/C16H18Cl2N2O2/c1-4-6-9(2)19-16(21)13-10(3)22-20-15(13)14-11(17)7-5-8-12(14)18/h5,7-9H,4,6H2,1-3H3,(H,19,21)/t9-/m1/s1. The molecule has 22 heavy (non-hydrogen) atoms. The highest BCUT2D eigenvalue weighted by Crippen LogP contribution is 2.36. The zero-order chi connectivity index (χ0) is 16.3. The van der Waals surface area contributed by atoms with E-state index in [-0.39, 0.29) is 11.9 Å². The van der Waals surface area contributed by atoms with Gasteiger partial charge in [0.25, 0.3) is 5.91 Å². The number of hydrogen-bond acceptors (Lipinski definition) is 3. The molecular formula is C16H18Cl2N2O2. The molecule has 6 heteroatoms. The van der Waals surface area contributed by atoms with E-state index in [1.165, 1.54) is 0 Å². The van der Waals surface area contributed by atoms with E-state index in [0.717, 1.165) is 12.8 Å². The monoisotopic (exact) mass is 340 g/mol. The van der Waals surface area contributed by atoms with Crippen LogP contribution in [0.4, 0.5) is 0 Å². The molecule has 1 aromatic heterocycles. The highest BCUT2D eigenvalue weighted by Gasteiger charge is 2.25. The average Bonchev–Trinajstić information content (AvgIpc) is 2.80. The molecule has 0 aliphatic rings. The SMILES string of the molecule is CCC[C@@H](C)NC(=O)c1c(-c2c(Cl)cccc2Cl)noc1C. The smallest absolute Gasteiger partial charge is 0.257 e. The van der Waals surface area contributed by atoms with Gasteiger partial charge in [-0.25, -0.2) is 0 Å². The maximum absolute atomic E-state index is 12.5. The Bertz CT molecular complexity index is 663. The third-order valence-electron chi connectivity index (χ3n) is 3.39. The summed E-state index contributed by atoms with van der Waals surface area (Å²) in [6, 6.07) is 5.22. The minimum Gasteiger partial charge on any atom is -0.360 e. The molecule has 1 atom stereocenters. The van der Waals surface area contributed by atoms with E-state index in [2.05, 4.69) is 17.4 Å². The van der Waals surface area contributed by atoms with Crippen molar-refractivity contribution in [2.45, 2.75) is 39.7 Å². The summed E-state index contributed by atoms with van der Waals surface area (Å²) in [4.78, 5) is 12.5. The lowest BCUT2D eigenvalue weighted by atomic mass is 10.0. The molecule has 0 spiro atoms. The number of nitrogens with one attached hydrogen (secondary N) is 1. The van der Waals surface area contributed by atoms with Crippen molar-refractivity contribution in [1.82, 2.24) is 10.5 Å². The molecule has 1 N–H and O–H groups in total. The number of amides is 1. The zero-order valence-corrected chi connectivity index (χ0v) is 14.3. The van der Waals surface area contributed by atoms with Crippen molar-refractivity contribution in [3.8, 4) is 11.3 Å². The van der Waals surface area contributed by atoms with Gasteiger partial charge in [-0.1, -0.05) is 47.8 Å².